The van der Waals surface area contributed by atoms with Crippen molar-refractivity contribution in [2.75, 3.05) is 38.2 Å². The van der Waals surface area contributed by atoms with E-state index in [0.717, 1.165) is 55.3 Å². The van der Waals surface area contributed by atoms with Crippen molar-refractivity contribution >= 4 is 22.4 Å². The minimum atomic E-state index is -0.174. The van der Waals surface area contributed by atoms with Gasteiger partial charge in [-0.1, -0.05) is 79.7 Å². The molecule has 0 saturated carbocycles. The van der Waals surface area contributed by atoms with Gasteiger partial charge in [0.2, 0.25) is 0 Å². The van der Waals surface area contributed by atoms with Crippen LogP contribution >= 0.6 is 0 Å². The van der Waals surface area contributed by atoms with E-state index in [1.165, 1.54) is 0 Å². The predicted molar refractivity (Wildman–Crippen MR) is 177 cm³/mol. The predicted octanol–water partition coefficient (Wildman–Crippen LogP) is 6.20. The number of fused-ring (bicyclic) bond motifs is 1. The monoisotopic (exact) mass is 586 g/mol. The van der Waals surface area contributed by atoms with Gasteiger partial charge in [0.25, 0.3) is 11.5 Å². The van der Waals surface area contributed by atoms with Gasteiger partial charge < -0.3 is 15.0 Å². The van der Waals surface area contributed by atoms with Gasteiger partial charge in [-0.3, -0.25) is 19.1 Å². The number of ether oxygens (including phenoxy) is 1. The highest BCUT2D eigenvalue weighted by molar-refractivity contribution is 6.08. The summed E-state index contributed by atoms with van der Waals surface area (Å²) in [5.74, 6) is 0.663. The Labute approximate surface area is 258 Å². The highest BCUT2D eigenvalue weighted by Gasteiger charge is 2.27. The third-order valence-electron chi connectivity index (χ3n) is 8.51. The summed E-state index contributed by atoms with van der Waals surface area (Å²) in [5.41, 5.74) is 4.06. The van der Waals surface area contributed by atoms with Crippen LogP contribution in [0.5, 0.6) is 5.75 Å². The van der Waals surface area contributed by atoms with E-state index in [2.05, 4.69) is 34.2 Å². The number of hydrogen-bond donors (Lipinski definition) is 1. The fourth-order valence-corrected chi connectivity index (χ4v) is 6.17. The second-order valence-corrected chi connectivity index (χ2v) is 11.2. The summed E-state index contributed by atoms with van der Waals surface area (Å²) < 4.78 is 7.18. The molecule has 5 aromatic rings. The topological polar surface area (TPSA) is 66.8 Å². The van der Waals surface area contributed by atoms with Gasteiger partial charge in [-0.05, 0) is 42.3 Å². The number of hydrogen-bond acceptors (Lipinski definition) is 5. The van der Waals surface area contributed by atoms with Gasteiger partial charge in [-0.15, -0.1) is 0 Å². The summed E-state index contributed by atoms with van der Waals surface area (Å²) in [6.45, 7) is 5.76. The molecule has 1 atom stereocenters. The zero-order chi connectivity index (χ0) is 30.5. The highest BCUT2D eigenvalue weighted by Crippen LogP contribution is 2.27. The number of pyridine rings is 1. The molecule has 1 amide bonds. The number of carbonyl (C=O) groups is 1. The molecule has 0 radical (unpaired) electrons. The SMILES string of the molecule is CC[C@H](NC(=O)c1c(CN2CCN(c3cccc(OC)c3)CC2)n(-c2ccccc2)c(=O)c2ccccc12)c1ccccc1. The van der Waals surface area contributed by atoms with Gasteiger partial charge in [0.05, 0.1) is 24.4 Å². The van der Waals surface area contributed by atoms with E-state index in [4.69, 9.17) is 4.74 Å². The van der Waals surface area contributed by atoms with Crippen molar-refractivity contribution in [1.82, 2.24) is 14.8 Å². The van der Waals surface area contributed by atoms with Crippen LogP contribution in [-0.2, 0) is 6.54 Å². The molecule has 0 unspecified atom stereocenters. The lowest BCUT2D eigenvalue weighted by atomic mass is 9.99. The van der Waals surface area contributed by atoms with Crippen LogP contribution in [0, 0.1) is 0 Å². The number of anilines is 1. The van der Waals surface area contributed by atoms with Crippen molar-refractivity contribution in [2.24, 2.45) is 0 Å². The molecular formula is C37H38N4O3. The van der Waals surface area contributed by atoms with E-state index in [1.54, 1.807) is 11.7 Å². The molecule has 1 aromatic heterocycles. The molecule has 224 valence electrons. The van der Waals surface area contributed by atoms with E-state index >= 15 is 0 Å². The Morgan fingerprint density at radius 2 is 1.43 bits per heavy atom. The first-order valence-corrected chi connectivity index (χ1v) is 15.3. The average molecular weight is 587 g/mol. The number of rotatable bonds is 9. The number of piperazine rings is 1. The number of benzene rings is 4. The summed E-state index contributed by atoms with van der Waals surface area (Å²) in [6.07, 6.45) is 0.744. The van der Waals surface area contributed by atoms with Crippen LogP contribution in [0.3, 0.4) is 0 Å². The fourth-order valence-electron chi connectivity index (χ4n) is 6.17. The lowest BCUT2D eigenvalue weighted by Crippen LogP contribution is -2.47. The van der Waals surface area contributed by atoms with Gasteiger partial charge in [-0.25, -0.2) is 0 Å². The van der Waals surface area contributed by atoms with Crippen molar-refractivity contribution < 1.29 is 9.53 Å². The Kier molecular flexibility index (Phi) is 8.75. The molecule has 0 bridgehead atoms. The molecule has 1 aliphatic heterocycles. The number of methoxy groups -OCH3 is 1. The van der Waals surface area contributed by atoms with E-state index in [-0.39, 0.29) is 17.5 Å². The molecule has 0 aliphatic carbocycles. The molecule has 4 aromatic carbocycles. The second kappa shape index (κ2) is 13.2. The molecule has 1 saturated heterocycles. The van der Waals surface area contributed by atoms with Crippen LogP contribution in [0.4, 0.5) is 5.69 Å². The Morgan fingerprint density at radius 3 is 2.11 bits per heavy atom. The van der Waals surface area contributed by atoms with Gasteiger partial charge >= 0.3 is 0 Å². The molecular weight excluding hydrogens is 548 g/mol. The van der Waals surface area contributed by atoms with Crippen LogP contribution in [0.1, 0.15) is 41.0 Å². The van der Waals surface area contributed by atoms with Crippen molar-refractivity contribution in [3.05, 3.63) is 136 Å². The number of amides is 1. The van der Waals surface area contributed by atoms with E-state index in [1.807, 2.05) is 97.1 Å². The standard InChI is InChI=1S/C37H38N4O3/c1-3-33(27-13-6-4-7-14-27)38-36(42)35-31-19-10-11-20-32(31)37(43)41(28-15-8-5-9-16-28)34(35)26-39-21-23-40(24-22-39)29-17-12-18-30(25-29)44-2/h4-20,25,33H,3,21-24,26H2,1-2H3,(H,38,42)/t33-/m0/s1. The molecule has 1 fully saturated rings. The summed E-state index contributed by atoms with van der Waals surface area (Å²) in [7, 11) is 1.68. The molecule has 0 spiro atoms. The van der Waals surface area contributed by atoms with Crippen LogP contribution in [-0.4, -0.2) is 48.7 Å². The Hall–Kier alpha value is -4.88. The van der Waals surface area contributed by atoms with Gasteiger partial charge in [-0.2, -0.15) is 0 Å². The minimum Gasteiger partial charge on any atom is -0.497 e. The summed E-state index contributed by atoms with van der Waals surface area (Å²) in [5, 5.41) is 4.52. The Balaban J connectivity index is 1.40. The number of aromatic nitrogens is 1. The normalized spacial score (nSPS) is 14.4. The third kappa shape index (κ3) is 5.96. The quantitative estimate of drug-likeness (QED) is 0.223. The maximum atomic E-state index is 14.4. The molecule has 6 rings (SSSR count). The minimum absolute atomic E-state index is 0.122. The van der Waals surface area contributed by atoms with Gasteiger partial charge in [0.1, 0.15) is 5.75 Å². The first-order chi connectivity index (χ1) is 21.6. The van der Waals surface area contributed by atoms with Crippen molar-refractivity contribution in [1.29, 1.82) is 0 Å². The molecule has 44 heavy (non-hydrogen) atoms. The second-order valence-electron chi connectivity index (χ2n) is 11.2. The molecule has 7 heteroatoms. The van der Waals surface area contributed by atoms with Crippen LogP contribution in [0.2, 0.25) is 0 Å². The van der Waals surface area contributed by atoms with Crippen molar-refractivity contribution in [3.8, 4) is 11.4 Å². The third-order valence-corrected chi connectivity index (χ3v) is 8.51. The van der Waals surface area contributed by atoms with Gasteiger partial charge in [0, 0.05) is 60.9 Å². The first-order valence-electron chi connectivity index (χ1n) is 15.3. The maximum absolute atomic E-state index is 14.4. The van der Waals surface area contributed by atoms with Crippen LogP contribution < -0.4 is 20.5 Å². The van der Waals surface area contributed by atoms with Crippen molar-refractivity contribution in [2.45, 2.75) is 25.9 Å². The average Bonchev–Trinajstić information content (AvgIpc) is 3.08. The number of carbonyl (C=O) groups excluding carboxylic acids is 1. The molecule has 7 nitrogen and oxygen atoms in total. The number of nitrogens with one attached hydrogen (secondary N) is 1. The Morgan fingerprint density at radius 1 is 0.795 bits per heavy atom. The zero-order valence-electron chi connectivity index (χ0n) is 25.3. The molecule has 2 heterocycles. The zero-order valence-corrected chi connectivity index (χ0v) is 25.3. The maximum Gasteiger partial charge on any atom is 0.263 e. The van der Waals surface area contributed by atoms with E-state index in [9.17, 15) is 9.59 Å². The lowest BCUT2D eigenvalue weighted by Gasteiger charge is -2.37. The summed E-state index contributed by atoms with van der Waals surface area (Å²) in [6, 6.07) is 35.2. The van der Waals surface area contributed by atoms with E-state index in [0.29, 0.717) is 28.6 Å². The molecule has 1 N–H and O–H groups in total. The molecule has 1 aliphatic rings. The van der Waals surface area contributed by atoms with Gasteiger partial charge in [0.15, 0.2) is 0 Å². The summed E-state index contributed by atoms with van der Waals surface area (Å²) >= 11 is 0. The fraction of sp³-hybridized carbons (Fsp3) is 0.243. The smallest absolute Gasteiger partial charge is 0.263 e. The van der Waals surface area contributed by atoms with Crippen molar-refractivity contribution in [3.63, 3.8) is 0 Å². The first kappa shape index (κ1) is 29.2. The Bertz CT molecular complexity index is 1800. The van der Waals surface area contributed by atoms with E-state index < -0.39 is 0 Å². The van der Waals surface area contributed by atoms with Crippen LogP contribution in [0.25, 0.3) is 16.5 Å². The lowest BCUT2D eigenvalue weighted by molar-refractivity contribution is 0.0934. The largest absolute Gasteiger partial charge is 0.497 e. The highest BCUT2D eigenvalue weighted by atomic mass is 16.5. The number of para-hydroxylation sites is 1. The summed E-state index contributed by atoms with van der Waals surface area (Å²) in [4.78, 5) is 33.2. The number of nitrogens with zero attached hydrogens (tertiary/aromatic N) is 3. The van der Waals surface area contributed by atoms with Crippen LogP contribution in [0.15, 0.2) is 114 Å².